The molecule has 0 spiro atoms. The first-order valence-electron chi connectivity index (χ1n) is 12.4. The minimum atomic E-state index is -1.29. The van der Waals surface area contributed by atoms with Crippen LogP contribution in [0, 0.1) is 11.7 Å². The lowest BCUT2D eigenvalue weighted by molar-refractivity contribution is -0.135. The number of ether oxygens (including phenoxy) is 2. The normalized spacial score (nSPS) is 14.0. The molecular formula is C28H27Cl2FN2O5S. The highest BCUT2D eigenvalue weighted by Gasteiger charge is 2.18. The minimum absolute atomic E-state index is 0.0626. The molecule has 2 aromatic carbocycles. The molecule has 1 fully saturated rings. The van der Waals surface area contributed by atoms with Gasteiger partial charge in [0, 0.05) is 34.2 Å². The van der Waals surface area contributed by atoms with Gasteiger partial charge in [-0.25, -0.2) is 14.2 Å². The summed E-state index contributed by atoms with van der Waals surface area (Å²) in [6.07, 6.45) is 7.25. The molecule has 1 amide bonds. The van der Waals surface area contributed by atoms with Crippen LogP contribution in [-0.2, 0) is 20.9 Å². The van der Waals surface area contributed by atoms with Crippen LogP contribution < -0.4 is 5.32 Å². The first-order chi connectivity index (χ1) is 18.8. The van der Waals surface area contributed by atoms with Crippen LogP contribution in [0.1, 0.15) is 53.6 Å². The number of methoxy groups -OCH3 is 1. The van der Waals surface area contributed by atoms with E-state index in [2.05, 4.69) is 10.3 Å². The molecule has 4 rings (SSSR count). The van der Waals surface area contributed by atoms with Crippen LogP contribution in [0.2, 0.25) is 10.0 Å². The van der Waals surface area contributed by atoms with Gasteiger partial charge in [0.25, 0.3) is 5.91 Å². The molecule has 0 unspecified atom stereocenters. The SMILES string of the molecule is COC(=Cc1c(Cl)cc(C(=O)Nc2nc(-c3cccc(COCCC4CCCC4)c3F)cs2)cc1Cl)C(=O)O. The molecule has 3 aromatic rings. The number of carbonyl (C=O) groups excluding carboxylic acids is 1. The summed E-state index contributed by atoms with van der Waals surface area (Å²) in [6, 6.07) is 7.80. The third-order valence-electron chi connectivity index (χ3n) is 6.53. The number of nitrogens with one attached hydrogen (secondary N) is 1. The van der Waals surface area contributed by atoms with Crippen molar-refractivity contribution >= 4 is 57.6 Å². The van der Waals surface area contributed by atoms with E-state index in [1.165, 1.54) is 51.0 Å². The number of thiazole rings is 1. The Labute approximate surface area is 239 Å². The van der Waals surface area contributed by atoms with Crippen LogP contribution in [0.25, 0.3) is 17.3 Å². The number of nitrogens with zero attached hydrogens (tertiary/aromatic N) is 1. The monoisotopic (exact) mass is 592 g/mol. The second-order valence-corrected chi connectivity index (χ2v) is 10.8. The first-order valence-corrected chi connectivity index (χ1v) is 14.0. The highest BCUT2D eigenvalue weighted by molar-refractivity contribution is 7.14. The molecule has 0 aliphatic heterocycles. The van der Waals surface area contributed by atoms with Crippen molar-refractivity contribution in [3.05, 3.63) is 74.0 Å². The highest BCUT2D eigenvalue weighted by Crippen LogP contribution is 2.32. The van der Waals surface area contributed by atoms with E-state index in [9.17, 15) is 9.59 Å². The standard InChI is InChI=1S/C28H27Cl2FN2O5S/c1-37-24(27(35)36)13-20-21(29)11-18(12-22(20)30)26(34)33-28-32-23(15-39-28)19-8-4-7-17(25(19)31)14-38-10-9-16-5-2-3-6-16/h4,7-8,11-13,15-16H,2-3,5-6,9-10,14H2,1H3,(H,35,36)(H,32,33,34). The molecule has 0 atom stereocenters. The third-order valence-corrected chi connectivity index (χ3v) is 7.91. The summed E-state index contributed by atoms with van der Waals surface area (Å²) >= 11 is 13.7. The van der Waals surface area contributed by atoms with Gasteiger partial charge in [0.15, 0.2) is 5.13 Å². The van der Waals surface area contributed by atoms with Crippen molar-refractivity contribution in [3.63, 3.8) is 0 Å². The highest BCUT2D eigenvalue weighted by atomic mass is 35.5. The Hall–Kier alpha value is -2.98. The number of amides is 1. The lowest BCUT2D eigenvalue weighted by Gasteiger charge is -2.11. The second kappa shape index (κ2) is 13.4. The molecule has 1 aromatic heterocycles. The van der Waals surface area contributed by atoms with Crippen molar-refractivity contribution in [2.24, 2.45) is 5.92 Å². The number of aliphatic carboxylic acids is 1. The van der Waals surface area contributed by atoms with E-state index in [-0.39, 0.29) is 38.7 Å². The Balaban J connectivity index is 1.42. The number of rotatable bonds is 11. The molecule has 7 nitrogen and oxygen atoms in total. The Morgan fingerprint density at radius 1 is 1.23 bits per heavy atom. The molecule has 11 heteroatoms. The second-order valence-electron chi connectivity index (χ2n) is 9.13. The van der Waals surface area contributed by atoms with Gasteiger partial charge < -0.3 is 14.6 Å². The summed E-state index contributed by atoms with van der Waals surface area (Å²) < 4.78 is 25.8. The number of hydrogen-bond donors (Lipinski definition) is 2. The summed E-state index contributed by atoms with van der Waals surface area (Å²) in [7, 11) is 1.21. The van der Waals surface area contributed by atoms with Crippen LogP contribution in [0.5, 0.6) is 0 Å². The maximum Gasteiger partial charge on any atom is 0.371 e. The van der Waals surface area contributed by atoms with E-state index < -0.39 is 17.7 Å². The van der Waals surface area contributed by atoms with Gasteiger partial charge in [0.05, 0.1) is 29.5 Å². The fourth-order valence-electron chi connectivity index (χ4n) is 4.44. The minimum Gasteiger partial charge on any atom is -0.490 e. The Morgan fingerprint density at radius 3 is 2.62 bits per heavy atom. The molecule has 206 valence electrons. The third kappa shape index (κ3) is 7.36. The number of hydrogen-bond acceptors (Lipinski definition) is 6. The molecule has 39 heavy (non-hydrogen) atoms. The summed E-state index contributed by atoms with van der Waals surface area (Å²) in [5, 5.41) is 13.9. The number of halogens is 3. The number of carboxylic acids is 1. The molecule has 0 bridgehead atoms. The smallest absolute Gasteiger partial charge is 0.371 e. The van der Waals surface area contributed by atoms with Gasteiger partial charge in [-0.15, -0.1) is 11.3 Å². The number of anilines is 1. The van der Waals surface area contributed by atoms with Gasteiger partial charge in [-0.3, -0.25) is 10.1 Å². The van der Waals surface area contributed by atoms with Crippen molar-refractivity contribution in [1.82, 2.24) is 4.98 Å². The largest absolute Gasteiger partial charge is 0.490 e. The van der Waals surface area contributed by atoms with Crippen molar-refractivity contribution in [2.45, 2.75) is 38.7 Å². The fourth-order valence-corrected chi connectivity index (χ4v) is 5.74. The number of benzene rings is 2. The lowest BCUT2D eigenvalue weighted by atomic mass is 10.1. The Morgan fingerprint density at radius 2 is 1.95 bits per heavy atom. The van der Waals surface area contributed by atoms with Crippen LogP contribution in [0.15, 0.2) is 41.5 Å². The van der Waals surface area contributed by atoms with Crippen molar-refractivity contribution in [3.8, 4) is 11.3 Å². The molecule has 1 saturated carbocycles. The predicted molar refractivity (Wildman–Crippen MR) is 151 cm³/mol. The summed E-state index contributed by atoms with van der Waals surface area (Å²) in [6.45, 7) is 0.796. The maximum absolute atomic E-state index is 15.2. The summed E-state index contributed by atoms with van der Waals surface area (Å²) in [5.74, 6) is -1.88. The van der Waals surface area contributed by atoms with E-state index in [0.29, 0.717) is 29.3 Å². The van der Waals surface area contributed by atoms with E-state index in [1.807, 2.05) is 0 Å². The number of carboxylic acid groups (broad SMARTS) is 1. The zero-order valence-corrected chi connectivity index (χ0v) is 23.5. The van der Waals surface area contributed by atoms with E-state index in [0.717, 1.165) is 17.8 Å². The molecule has 1 aliphatic carbocycles. The van der Waals surface area contributed by atoms with Crippen molar-refractivity contribution in [1.29, 1.82) is 0 Å². The van der Waals surface area contributed by atoms with E-state index >= 15 is 4.39 Å². The number of aromatic nitrogens is 1. The maximum atomic E-state index is 15.2. The van der Waals surface area contributed by atoms with E-state index in [4.69, 9.17) is 37.8 Å². The van der Waals surface area contributed by atoms with Crippen LogP contribution in [0.4, 0.5) is 9.52 Å². The molecule has 0 radical (unpaired) electrons. The van der Waals surface area contributed by atoms with Gasteiger partial charge in [0.1, 0.15) is 5.82 Å². The zero-order valence-electron chi connectivity index (χ0n) is 21.1. The lowest BCUT2D eigenvalue weighted by Crippen LogP contribution is -2.12. The van der Waals surface area contributed by atoms with Gasteiger partial charge >= 0.3 is 5.97 Å². The Bertz CT molecular complexity index is 1370. The average molecular weight is 594 g/mol. The van der Waals surface area contributed by atoms with Crippen molar-refractivity contribution in [2.75, 3.05) is 19.0 Å². The van der Waals surface area contributed by atoms with Crippen molar-refractivity contribution < 1.29 is 28.6 Å². The molecular weight excluding hydrogens is 566 g/mol. The van der Waals surface area contributed by atoms with Gasteiger partial charge in [-0.2, -0.15) is 0 Å². The van der Waals surface area contributed by atoms with Gasteiger partial charge in [0.2, 0.25) is 5.76 Å². The van der Waals surface area contributed by atoms with Crippen LogP contribution in [0.3, 0.4) is 0 Å². The number of carbonyl (C=O) groups is 2. The van der Waals surface area contributed by atoms with Crippen LogP contribution in [-0.4, -0.2) is 35.7 Å². The molecule has 1 heterocycles. The van der Waals surface area contributed by atoms with Gasteiger partial charge in [-0.05, 0) is 36.6 Å². The molecule has 0 saturated heterocycles. The quantitative estimate of drug-likeness (QED) is 0.135. The predicted octanol–water partition coefficient (Wildman–Crippen LogP) is 7.68. The fraction of sp³-hybridized carbons (Fsp3) is 0.321. The van der Waals surface area contributed by atoms with Gasteiger partial charge in [-0.1, -0.05) is 61.0 Å². The summed E-state index contributed by atoms with van der Waals surface area (Å²) in [4.78, 5) is 28.4. The molecule has 1 aliphatic rings. The summed E-state index contributed by atoms with van der Waals surface area (Å²) in [5.41, 5.74) is 1.49. The van der Waals surface area contributed by atoms with E-state index in [1.54, 1.807) is 23.6 Å². The topological polar surface area (TPSA) is 97.8 Å². The first kappa shape index (κ1) is 29.0. The zero-order chi connectivity index (χ0) is 27.9. The Kier molecular flexibility index (Phi) is 9.96. The average Bonchev–Trinajstić information content (AvgIpc) is 3.59. The molecule has 2 N–H and O–H groups in total. The van der Waals surface area contributed by atoms with Crippen LogP contribution >= 0.6 is 34.5 Å².